The fraction of sp³-hybridized carbons (Fsp3) is 0.278. The molecule has 2 heterocycles. The first kappa shape index (κ1) is 19.8. The molecule has 0 spiro atoms. The highest BCUT2D eigenvalue weighted by atomic mass is 35.5. The number of carbonyl (C=O) groups excluding carboxylic acids is 1. The van der Waals surface area contributed by atoms with Gasteiger partial charge in [-0.3, -0.25) is 9.69 Å². The lowest BCUT2D eigenvalue weighted by Gasteiger charge is -2.17. The van der Waals surface area contributed by atoms with E-state index in [1.54, 1.807) is 13.0 Å². The average molecular weight is 426 g/mol. The molecule has 1 aromatic carbocycles. The van der Waals surface area contributed by atoms with Gasteiger partial charge in [-0.1, -0.05) is 35.3 Å². The molecule has 0 fully saturated rings. The van der Waals surface area contributed by atoms with Crippen LogP contribution in [0.4, 0.5) is 0 Å². The molecule has 1 N–H and O–H groups in total. The summed E-state index contributed by atoms with van der Waals surface area (Å²) in [7, 11) is 3.20. The Labute approximate surface area is 169 Å². The Kier molecular flexibility index (Phi) is 5.86. The van der Waals surface area contributed by atoms with Gasteiger partial charge < -0.3 is 9.72 Å². The molecule has 0 atom stereocenters. The van der Waals surface area contributed by atoms with Crippen molar-refractivity contribution >= 4 is 50.7 Å². The summed E-state index contributed by atoms with van der Waals surface area (Å²) >= 11 is 13.4. The van der Waals surface area contributed by atoms with Crippen LogP contribution in [0.3, 0.4) is 0 Å². The Balaban J connectivity index is 1.88. The van der Waals surface area contributed by atoms with Crippen LogP contribution in [0.5, 0.6) is 0 Å². The van der Waals surface area contributed by atoms with Gasteiger partial charge in [0.25, 0.3) is 5.56 Å². The third-order valence-corrected chi connectivity index (χ3v) is 6.14. The van der Waals surface area contributed by atoms with E-state index in [-0.39, 0.29) is 5.56 Å². The Bertz CT molecular complexity index is 1080. The molecule has 0 saturated carbocycles. The summed E-state index contributed by atoms with van der Waals surface area (Å²) in [6.45, 7) is 2.66. The van der Waals surface area contributed by atoms with E-state index in [2.05, 4.69) is 9.97 Å². The number of thiophene rings is 1. The standard InChI is InChI=1S/C18H17Cl2N3O3S/c1-9-13-16(24)21-12(22-17(13)27-15(9)18(25)26-3)8-23(2)7-10-5-4-6-11(19)14(10)20/h4-6H,7-8H2,1-3H3,(H,21,22,24). The molecule has 3 aromatic rings. The van der Waals surface area contributed by atoms with Crippen LogP contribution in [0.2, 0.25) is 10.0 Å². The summed E-state index contributed by atoms with van der Waals surface area (Å²) in [6.07, 6.45) is 0. The van der Waals surface area contributed by atoms with Gasteiger partial charge in [-0.05, 0) is 31.2 Å². The zero-order valence-corrected chi connectivity index (χ0v) is 17.3. The van der Waals surface area contributed by atoms with Crippen LogP contribution in [-0.4, -0.2) is 35.0 Å². The Hall–Kier alpha value is -1.93. The smallest absolute Gasteiger partial charge is 0.348 e. The number of aromatic amines is 1. The quantitative estimate of drug-likeness (QED) is 0.624. The molecule has 9 heteroatoms. The second-order valence-corrected chi connectivity index (χ2v) is 7.91. The molecular weight excluding hydrogens is 409 g/mol. The van der Waals surface area contributed by atoms with Crippen molar-refractivity contribution in [3.8, 4) is 0 Å². The van der Waals surface area contributed by atoms with Crippen molar-refractivity contribution in [2.75, 3.05) is 14.2 Å². The minimum atomic E-state index is -0.468. The van der Waals surface area contributed by atoms with E-state index in [0.717, 1.165) is 16.9 Å². The highest BCUT2D eigenvalue weighted by Gasteiger charge is 2.20. The molecule has 0 amide bonds. The molecule has 0 saturated heterocycles. The van der Waals surface area contributed by atoms with Gasteiger partial charge >= 0.3 is 5.97 Å². The van der Waals surface area contributed by atoms with Crippen LogP contribution >= 0.6 is 34.5 Å². The molecule has 6 nitrogen and oxygen atoms in total. The zero-order valence-electron chi connectivity index (χ0n) is 14.9. The van der Waals surface area contributed by atoms with Gasteiger partial charge in [0, 0.05) is 6.54 Å². The first-order chi connectivity index (χ1) is 12.8. The van der Waals surface area contributed by atoms with Crippen LogP contribution in [-0.2, 0) is 17.8 Å². The van der Waals surface area contributed by atoms with Crippen LogP contribution in [0.15, 0.2) is 23.0 Å². The number of rotatable bonds is 5. The number of hydrogen-bond acceptors (Lipinski definition) is 6. The number of aryl methyl sites for hydroxylation is 1. The first-order valence-electron chi connectivity index (χ1n) is 8.03. The molecular formula is C18H17Cl2N3O3S. The summed E-state index contributed by atoms with van der Waals surface area (Å²) < 4.78 is 4.77. The Morgan fingerprint density at radius 3 is 2.78 bits per heavy atom. The number of halogens is 2. The average Bonchev–Trinajstić information content (AvgIpc) is 2.95. The van der Waals surface area contributed by atoms with E-state index < -0.39 is 5.97 Å². The molecule has 2 aromatic heterocycles. The number of ether oxygens (including phenoxy) is 1. The maximum absolute atomic E-state index is 12.5. The molecule has 0 bridgehead atoms. The van der Waals surface area contributed by atoms with Gasteiger partial charge in [0.15, 0.2) is 0 Å². The third kappa shape index (κ3) is 4.01. The Morgan fingerprint density at radius 2 is 2.07 bits per heavy atom. The van der Waals surface area contributed by atoms with Gasteiger partial charge in [-0.25, -0.2) is 9.78 Å². The van der Waals surface area contributed by atoms with E-state index in [1.807, 2.05) is 24.1 Å². The predicted molar refractivity (Wildman–Crippen MR) is 108 cm³/mol. The van der Waals surface area contributed by atoms with Crippen molar-refractivity contribution in [2.24, 2.45) is 0 Å². The minimum Gasteiger partial charge on any atom is -0.465 e. The number of benzene rings is 1. The van der Waals surface area contributed by atoms with Crippen molar-refractivity contribution in [1.29, 1.82) is 0 Å². The summed E-state index contributed by atoms with van der Waals surface area (Å²) in [5, 5.41) is 1.43. The fourth-order valence-corrected chi connectivity index (χ4v) is 4.32. The monoisotopic (exact) mass is 425 g/mol. The van der Waals surface area contributed by atoms with Crippen molar-refractivity contribution < 1.29 is 9.53 Å². The highest BCUT2D eigenvalue weighted by Crippen LogP contribution is 2.28. The maximum atomic E-state index is 12.5. The van der Waals surface area contributed by atoms with Crippen LogP contribution in [0.1, 0.15) is 26.6 Å². The van der Waals surface area contributed by atoms with Crippen LogP contribution in [0, 0.1) is 6.92 Å². The van der Waals surface area contributed by atoms with Crippen LogP contribution in [0.25, 0.3) is 10.2 Å². The van der Waals surface area contributed by atoms with Gasteiger partial charge in [-0.15, -0.1) is 11.3 Å². The summed E-state index contributed by atoms with van der Waals surface area (Å²) in [6, 6.07) is 5.47. The summed E-state index contributed by atoms with van der Waals surface area (Å²) in [5.74, 6) is 0.0370. The number of H-pyrrole nitrogens is 1. The molecule has 0 radical (unpaired) electrons. The minimum absolute atomic E-state index is 0.270. The van der Waals surface area contributed by atoms with Gasteiger partial charge in [0.05, 0.1) is 29.1 Å². The molecule has 0 unspecified atom stereocenters. The van der Waals surface area contributed by atoms with Crippen molar-refractivity contribution in [3.63, 3.8) is 0 Å². The zero-order chi connectivity index (χ0) is 19.7. The van der Waals surface area contributed by atoms with Crippen molar-refractivity contribution in [1.82, 2.24) is 14.9 Å². The molecule has 3 rings (SSSR count). The number of aromatic nitrogens is 2. The number of methoxy groups -OCH3 is 1. The molecule has 27 heavy (non-hydrogen) atoms. The summed E-state index contributed by atoms with van der Waals surface area (Å²) in [5.41, 5.74) is 1.20. The van der Waals surface area contributed by atoms with E-state index in [9.17, 15) is 9.59 Å². The lowest BCUT2D eigenvalue weighted by molar-refractivity contribution is 0.0605. The molecule has 0 aliphatic carbocycles. The fourth-order valence-electron chi connectivity index (χ4n) is 2.82. The molecule has 0 aliphatic heterocycles. The number of hydrogen-bond donors (Lipinski definition) is 1. The topological polar surface area (TPSA) is 75.3 Å². The summed E-state index contributed by atoms with van der Waals surface area (Å²) in [4.78, 5) is 34.5. The van der Waals surface area contributed by atoms with E-state index in [1.165, 1.54) is 7.11 Å². The van der Waals surface area contributed by atoms with Crippen molar-refractivity contribution in [3.05, 3.63) is 60.4 Å². The number of esters is 1. The van der Waals surface area contributed by atoms with Crippen molar-refractivity contribution in [2.45, 2.75) is 20.0 Å². The number of nitrogens with one attached hydrogen (secondary N) is 1. The molecule has 142 valence electrons. The first-order valence-corrected chi connectivity index (χ1v) is 9.61. The van der Waals surface area contributed by atoms with E-state index in [4.69, 9.17) is 27.9 Å². The molecule has 0 aliphatic rings. The number of carbonyl (C=O) groups is 1. The normalized spacial score (nSPS) is 11.3. The van der Waals surface area contributed by atoms with Gasteiger partial charge in [0.1, 0.15) is 15.5 Å². The van der Waals surface area contributed by atoms with Gasteiger partial charge in [-0.2, -0.15) is 0 Å². The maximum Gasteiger partial charge on any atom is 0.348 e. The SMILES string of the molecule is COC(=O)c1sc2nc(CN(C)Cc3cccc(Cl)c3Cl)[nH]c(=O)c2c1C. The van der Waals surface area contributed by atoms with E-state index >= 15 is 0 Å². The lowest BCUT2D eigenvalue weighted by Crippen LogP contribution is -2.21. The second-order valence-electron chi connectivity index (χ2n) is 6.13. The van der Waals surface area contributed by atoms with E-state index in [0.29, 0.717) is 49.6 Å². The predicted octanol–water partition coefficient (Wildman–Crippen LogP) is 4.02. The third-order valence-electron chi connectivity index (χ3n) is 4.11. The largest absolute Gasteiger partial charge is 0.465 e. The number of fused-ring (bicyclic) bond motifs is 1. The van der Waals surface area contributed by atoms with Crippen LogP contribution < -0.4 is 5.56 Å². The lowest BCUT2D eigenvalue weighted by atomic mass is 10.2. The Morgan fingerprint density at radius 1 is 1.33 bits per heavy atom. The highest BCUT2D eigenvalue weighted by molar-refractivity contribution is 7.20. The van der Waals surface area contributed by atoms with Gasteiger partial charge in [0.2, 0.25) is 0 Å². The number of nitrogens with zero attached hydrogens (tertiary/aromatic N) is 2. The second kappa shape index (κ2) is 7.98.